The number of amidine groups is 1. The summed E-state index contributed by atoms with van der Waals surface area (Å²) in [5.74, 6) is -0.152. The summed E-state index contributed by atoms with van der Waals surface area (Å²) in [6.45, 7) is 1.88. The van der Waals surface area contributed by atoms with E-state index in [2.05, 4.69) is 4.99 Å². The molecule has 18 heavy (non-hydrogen) atoms. The van der Waals surface area contributed by atoms with Crippen LogP contribution in [0, 0.1) is 12.7 Å². The van der Waals surface area contributed by atoms with Crippen LogP contribution >= 0.6 is 0 Å². The van der Waals surface area contributed by atoms with Crippen molar-refractivity contribution in [3.8, 4) is 0 Å². The average molecular weight is 247 g/mol. The summed E-state index contributed by atoms with van der Waals surface area (Å²) in [5, 5.41) is 0. The Hall–Kier alpha value is -1.91. The number of carbonyl (C=O) groups is 1. The van der Waals surface area contributed by atoms with Gasteiger partial charge in [0.2, 0.25) is 0 Å². The van der Waals surface area contributed by atoms with E-state index in [1.807, 2.05) is 6.92 Å². The lowest BCUT2D eigenvalue weighted by Crippen LogP contribution is -2.35. The predicted molar refractivity (Wildman–Crippen MR) is 65.8 cm³/mol. The van der Waals surface area contributed by atoms with Gasteiger partial charge in [-0.05, 0) is 25.8 Å². The third-order valence-electron chi connectivity index (χ3n) is 3.39. The van der Waals surface area contributed by atoms with Crippen molar-refractivity contribution in [3.63, 3.8) is 0 Å². The quantitative estimate of drug-likeness (QED) is 0.870. The maximum atomic E-state index is 13.9. The molecule has 1 aliphatic heterocycles. The highest BCUT2D eigenvalue weighted by atomic mass is 19.1. The topological polar surface area (TPSA) is 58.7 Å². The number of benzene rings is 1. The van der Waals surface area contributed by atoms with Crippen LogP contribution in [0.1, 0.15) is 30.0 Å². The Morgan fingerprint density at radius 3 is 2.83 bits per heavy atom. The Labute approximate surface area is 104 Å². The number of rotatable bonds is 2. The monoisotopic (exact) mass is 247 g/mol. The zero-order chi connectivity index (χ0) is 12.9. The van der Waals surface area contributed by atoms with Gasteiger partial charge in [-0.25, -0.2) is 9.18 Å². The number of amides is 2. The second-order valence-corrected chi connectivity index (χ2v) is 4.89. The third-order valence-corrected chi connectivity index (χ3v) is 3.39. The van der Waals surface area contributed by atoms with Gasteiger partial charge in [-0.1, -0.05) is 17.7 Å². The molecular weight excluding hydrogens is 233 g/mol. The summed E-state index contributed by atoms with van der Waals surface area (Å²) < 4.78 is 13.9. The number of urea groups is 1. The van der Waals surface area contributed by atoms with E-state index in [1.165, 1.54) is 6.07 Å². The molecule has 1 heterocycles. The van der Waals surface area contributed by atoms with Crippen molar-refractivity contribution in [2.75, 3.05) is 0 Å². The van der Waals surface area contributed by atoms with Crippen LogP contribution in [0.3, 0.4) is 0 Å². The molecule has 2 N–H and O–H groups in total. The molecule has 1 fully saturated rings. The standard InChI is InChI=1S/C13H14FN3O/c1-7-2-5-10(14)9(6-7)11-12(15)16-13(18)17(11)8-3-4-8/h2,5-6,8,11H,3-4H2,1H3,(H2,15,16,18). The van der Waals surface area contributed by atoms with E-state index in [-0.39, 0.29) is 23.7 Å². The highest BCUT2D eigenvalue weighted by Crippen LogP contribution is 2.38. The minimum atomic E-state index is -0.537. The highest BCUT2D eigenvalue weighted by molar-refractivity contribution is 6.03. The van der Waals surface area contributed by atoms with E-state index < -0.39 is 6.04 Å². The Bertz CT molecular complexity index is 551. The van der Waals surface area contributed by atoms with Crippen LogP contribution in [0.4, 0.5) is 9.18 Å². The minimum Gasteiger partial charge on any atom is -0.385 e. The molecule has 0 aromatic heterocycles. The number of aliphatic imine (C=N–C) groups is 1. The molecular formula is C13H14FN3O. The van der Waals surface area contributed by atoms with Crippen LogP contribution in [0.25, 0.3) is 0 Å². The lowest BCUT2D eigenvalue weighted by Gasteiger charge is -2.24. The molecule has 4 nitrogen and oxygen atoms in total. The number of nitrogens with two attached hydrogens (primary N) is 1. The summed E-state index contributed by atoms with van der Waals surface area (Å²) in [6, 6.07) is 4.12. The SMILES string of the molecule is Cc1ccc(F)c(C2C(N)=NC(=O)N2C2CC2)c1. The molecule has 1 saturated carbocycles. The molecule has 0 bridgehead atoms. The first-order valence-corrected chi connectivity index (χ1v) is 6.00. The van der Waals surface area contributed by atoms with Gasteiger partial charge in [0, 0.05) is 11.6 Å². The fourth-order valence-corrected chi connectivity index (χ4v) is 2.38. The molecule has 0 saturated heterocycles. The van der Waals surface area contributed by atoms with E-state index in [1.54, 1.807) is 17.0 Å². The van der Waals surface area contributed by atoms with Crippen molar-refractivity contribution in [2.45, 2.75) is 31.8 Å². The zero-order valence-corrected chi connectivity index (χ0v) is 10.1. The van der Waals surface area contributed by atoms with Gasteiger partial charge in [-0.3, -0.25) is 0 Å². The Morgan fingerprint density at radius 1 is 1.44 bits per heavy atom. The van der Waals surface area contributed by atoms with Crippen molar-refractivity contribution in [3.05, 3.63) is 35.1 Å². The number of nitrogens with zero attached hydrogens (tertiary/aromatic N) is 2. The lowest BCUT2D eigenvalue weighted by molar-refractivity contribution is 0.202. The van der Waals surface area contributed by atoms with E-state index in [4.69, 9.17) is 5.73 Å². The van der Waals surface area contributed by atoms with Gasteiger partial charge in [-0.15, -0.1) is 0 Å². The molecule has 5 heteroatoms. The maximum absolute atomic E-state index is 13.9. The van der Waals surface area contributed by atoms with Crippen molar-refractivity contribution in [1.82, 2.24) is 4.90 Å². The Kier molecular flexibility index (Phi) is 2.36. The van der Waals surface area contributed by atoms with Crippen molar-refractivity contribution in [1.29, 1.82) is 0 Å². The lowest BCUT2D eigenvalue weighted by atomic mass is 10.0. The zero-order valence-electron chi connectivity index (χ0n) is 10.1. The molecule has 3 rings (SSSR count). The summed E-state index contributed by atoms with van der Waals surface area (Å²) in [4.78, 5) is 17.2. The summed E-state index contributed by atoms with van der Waals surface area (Å²) >= 11 is 0. The maximum Gasteiger partial charge on any atom is 0.346 e. The third kappa shape index (κ3) is 1.66. The van der Waals surface area contributed by atoms with Crippen LogP contribution in [-0.2, 0) is 0 Å². The van der Waals surface area contributed by atoms with Gasteiger partial charge in [0.15, 0.2) is 0 Å². The van der Waals surface area contributed by atoms with E-state index in [0.29, 0.717) is 5.56 Å². The van der Waals surface area contributed by atoms with Gasteiger partial charge < -0.3 is 10.6 Å². The number of carbonyl (C=O) groups excluding carboxylic acids is 1. The first kappa shape index (κ1) is 11.2. The molecule has 94 valence electrons. The molecule has 1 aromatic rings. The number of aryl methyl sites for hydroxylation is 1. The van der Waals surface area contributed by atoms with Gasteiger partial charge >= 0.3 is 6.03 Å². The molecule has 2 aliphatic rings. The van der Waals surface area contributed by atoms with E-state index >= 15 is 0 Å². The second-order valence-electron chi connectivity index (χ2n) is 4.89. The number of hydrogen-bond acceptors (Lipinski definition) is 2. The van der Waals surface area contributed by atoms with Crippen LogP contribution < -0.4 is 5.73 Å². The van der Waals surface area contributed by atoms with Crippen LogP contribution in [-0.4, -0.2) is 22.8 Å². The predicted octanol–water partition coefficient (Wildman–Crippen LogP) is 2.13. The smallest absolute Gasteiger partial charge is 0.346 e. The molecule has 1 unspecified atom stereocenters. The van der Waals surface area contributed by atoms with Crippen LogP contribution in [0.15, 0.2) is 23.2 Å². The molecule has 1 atom stereocenters. The first-order chi connectivity index (χ1) is 8.58. The van der Waals surface area contributed by atoms with Crippen molar-refractivity contribution < 1.29 is 9.18 Å². The van der Waals surface area contributed by atoms with E-state index in [0.717, 1.165) is 18.4 Å². The summed E-state index contributed by atoms with van der Waals surface area (Å²) in [5.41, 5.74) is 7.18. The number of halogens is 1. The van der Waals surface area contributed by atoms with Gasteiger partial charge in [0.25, 0.3) is 0 Å². The first-order valence-electron chi connectivity index (χ1n) is 6.00. The molecule has 1 aromatic carbocycles. The van der Waals surface area contributed by atoms with Crippen LogP contribution in [0.5, 0.6) is 0 Å². The Balaban J connectivity index is 2.05. The molecule has 2 amide bonds. The number of hydrogen-bond donors (Lipinski definition) is 1. The largest absolute Gasteiger partial charge is 0.385 e. The van der Waals surface area contributed by atoms with Crippen molar-refractivity contribution in [2.24, 2.45) is 10.7 Å². The normalized spacial score (nSPS) is 23.4. The molecule has 0 spiro atoms. The molecule has 1 aliphatic carbocycles. The highest BCUT2D eigenvalue weighted by Gasteiger charge is 2.44. The van der Waals surface area contributed by atoms with Gasteiger partial charge in [0.1, 0.15) is 17.7 Å². The summed E-state index contributed by atoms with van der Waals surface area (Å²) in [7, 11) is 0. The summed E-state index contributed by atoms with van der Waals surface area (Å²) in [6.07, 6.45) is 1.89. The van der Waals surface area contributed by atoms with Crippen LogP contribution in [0.2, 0.25) is 0 Å². The van der Waals surface area contributed by atoms with Gasteiger partial charge in [0.05, 0.1) is 0 Å². The Morgan fingerprint density at radius 2 is 2.17 bits per heavy atom. The average Bonchev–Trinajstić information content (AvgIpc) is 3.09. The van der Waals surface area contributed by atoms with Gasteiger partial charge in [-0.2, -0.15) is 4.99 Å². The fourth-order valence-electron chi connectivity index (χ4n) is 2.38. The minimum absolute atomic E-state index is 0.159. The fraction of sp³-hybridized carbons (Fsp3) is 0.385. The van der Waals surface area contributed by atoms with Crippen molar-refractivity contribution >= 4 is 11.9 Å². The molecule has 0 radical (unpaired) electrons. The second kappa shape index (κ2) is 3.80. The van der Waals surface area contributed by atoms with E-state index in [9.17, 15) is 9.18 Å².